The molecular formula is C11H23N3O3. The lowest BCUT2D eigenvalue weighted by Gasteiger charge is -2.24. The molecule has 0 aromatic rings. The Morgan fingerprint density at radius 2 is 1.88 bits per heavy atom. The molecule has 0 aromatic heterocycles. The summed E-state index contributed by atoms with van der Waals surface area (Å²) < 4.78 is 0. The normalized spacial score (nSPS) is 12.3. The smallest absolute Gasteiger partial charge is 0.326 e. The summed E-state index contributed by atoms with van der Waals surface area (Å²) in [6, 6.07) is -1.10. The summed E-state index contributed by atoms with van der Waals surface area (Å²) >= 11 is 0. The zero-order chi connectivity index (χ0) is 13.4. The summed E-state index contributed by atoms with van der Waals surface area (Å²) in [5.41, 5.74) is 0. The summed E-state index contributed by atoms with van der Waals surface area (Å²) in [5, 5.41) is 11.6. The minimum Gasteiger partial charge on any atom is -0.480 e. The monoisotopic (exact) mass is 245 g/mol. The molecule has 0 radical (unpaired) electrons. The van der Waals surface area contributed by atoms with Gasteiger partial charge in [-0.25, -0.2) is 9.59 Å². The predicted octanol–water partition coefficient (Wildman–Crippen LogP) is 0.443. The van der Waals surface area contributed by atoms with Crippen molar-refractivity contribution in [1.82, 2.24) is 15.1 Å². The number of amides is 2. The molecule has 0 fully saturated rings. The van der Waals surface area contributed by atoms with Crippen LogP contribution < -0.4 is 5.32 Å². The van der Waals surface area contributed by atoms with Gasteiger partial charge in [0.05, 0.1) is 0 Å². The van der Waals surface area contributed by atoms with Gasteiger partial charge in [-0.2, -0.15) is 0 Å². The van der Waals surface area contributed by atoms with E-state index in [1.165, 1.54) is 11.9 Å². The fourth-order valence-electron chi connectivity index (χ4n) is 1.47. The van der Waals surface area contributed by atoms with Crippen molar-refractivity contribution in [2.45, 2.75) is 25.8 Å². The summed E-state index contributed by atoms with van der Waals surface area (Å²) in [5.74, 6) is -0.974. The molecule has 100 valence electrons. The van der Waals surface area contributed by atoms with Gasteiger partial charge in [0.15, 0.2) is 0 Å². The van der Waals surface area contributed by atoms with E-state index in [9.17, 15) is 9.59 Å². The SMILES string of the molecule is CCC(C(=O)O)N(C)C(=O)NCCCN(C)C. The van der Waals surface area contributed by atoms with E-state index in [0.29, 0.717) is 13.0 Å². The van der Waals surface area contributed by atoms with Crippen LogP contribution in [0.3, 0.4) is 0 Å². The van der Waals surface area contributed by atoms with Gasteiger partial charge in [-0.15, -0.1) is 0 Å². The number of urea groups is 1. The van der Waals surface area contributed by atoms with Crippen LogP contribution in [-0.4, -0.2) is 67.2 Å². The highest BCUT2D eigenvalue weighted by molar-refractivity contribution is 5.82. The number of carboxylic acid groups (broad SMARTS) is 1. The van der Waals surface area contributed by atoms with Crippen LogP contribution in [0.4, 0.5) is 4.79 Å². The molecule has 0 spiro atoms. The average Bonchev–Trinajstić information content (AvgIpc) is 2.24. The molecule has 1 atom stereocenters. The van der Waals surface area contributed by atoms with E-state index in [-0.39, 0.29) is 6.03 Å². The molecule has 0 aliphatic rings. The highest BCUT2D eigenvalue weighted by atomic mass is 16.4. The van der Waals surface area contributed by atoms with Crippen LogP contribution in [0.15, 0.2) is 0 Å². The zero-order valence-corrected chi connectivity index (χ0v) is 11.1. The van der Waals surface area contributed by atoms with E-state index in [4.69, 9.17) is 5.11 Å². The van der Waals surface area contributed by atoms with E-state index in [1.807, 2.05) is 19.0 Å². The topological polar surface area (TPSA) is 72.9 Å². The summed E-state index contributed by atoms with van der Waals surface area (Å²) in [6.45, 7) is 3.19. The maximum absolute atomic E-state index is 11.6. The van der Waals surface area contributed by atoms with Gasteiger partial charge in [-0.05, 0) is 33.5 Å². The molecule has 6 nitrogen and oxygen atoms in total. The third-order valence-corrected chi connectivity index (χ3v) is 2.52. The first-order valence-corrected chi connectivity index (χ1v) is 5.78. The number of carboxylic acids is 1. The molecule has 6 heteroatoms. The summed E-state index contributed by atoms with van der Waals surface area (Å²) in [7, 11) is 5.43. The maximum atomic E-state index is 11.6. The Balaban J connectivity index is 4.00. The standard InChI is InChI=1S/C11H23N3O3/c1-5-9(10(15)16)14(4)11(17)12-7-6-8-13(2)3/h9H,5-8H2,1-4H3,(H,12,17)(H,15,16). The quantitative estimate of drug-likeness (QED) is 0.638. The molecule has 0 aliphatic heterocycles. The van der Waals surface area contributed by atoms with Gasteiger partial charge < -0.3 is 20.2 Å². The highest BCUT2D eigenvalue weighted by Crippen LogP contribution is 2.02. The van der Waals surface area contributed by atoms with Crippen molar-refractivity contribution in [3.05, 3.63) is 0 Å². The number of hydrogen-bond donors (Lipinski definition) is 2. The first-order chi connectivity index (χ1) is 7.90. The first-order valence-electron chi connectivity index (χ1n) is 5.78. The predicted molar refractivity (Wildman–Crippen MR) is 66.0 cm³/mol. The number of carbonyl (C=O) groups is 2. The van der Waals surface area contributed by atoms with Gasteiger partial charge in [0, 0.05) is 13.6 Å². The Hall–Kier alpha value is -1.30. The fourth-order valence-corrected chi connectivity index (χ4v) is 1.47. The number of carbonyl (C=O) groups excluding carboxylic acids is 1. The number of likely N-dealkylation sites (N-methyl/N-ethyl adjacent to an activating group) is 1. The minimum absolute atomic E-state index is 0.335. The second-order valence-corrected chi connectivity index (χ2v) is 4.26. The number of nitrogens with one attached hydrogen (secondary N) is 1. The molecular weight excluding hydrogens is 222 g/mol. The average molecular weight is 245 g/mol. The van der Waals surface area contributed by atoms with Gasteiger partial charge >= 0.3 is 12.0 Å². The molecule has 0 saturated carbocycles. The van der Waals surface area contributed by atoms with Crippen molar-refractivity contribution in [2.75, 3.05) is 34.2 Å². The first kappa shape index (κ1) is 15.7. The Kier molecular flexibility index (Phi) is 7.29. The molecule has 0 rings (SSSR count). The van der Waals surface area contributed by atoms with Gasteiger partial charge in [0.1, 0.15) is 6.04 Å². The van der Waals surface area contributed by atoms with Crippen molar-refractivity contribution >= 4 is 12.0 Å². The van der Waals surface area contributed by atoms with E-state index >= 15 is 0 Å². The van der Waals surface area contributed by atoms with Crippen molar-refractivity contribution in [1.29, 1.82) is 0 Å². The Morgan fingerprint density at radius 1 is 1.29 bits per heavy atom. The van der Waals surface area contributed by atoms with Crippen molar-refractivity contribution in [3.63, 3.8) is 0 Å². The number of aliphatic carboxylic acids is 1. The van der Waals surface area contributed by atoms with Gasteiger partial charge in [0.2, 0.25) is 0 Å². The third kappa shape index (κ3) is 6.11. The maximum Gasteiger partial charge on any atom is 0.326 e. The lowest BCUT2D eigenvalue weighted by molar-refractivity contribution is -0.141. The number of rotatable bonds is 7. The zero-order valence-electron chi connectivity index (χ0n) is 11.1. The Morgan fingerprint density at radius 3 is 2.29 bits per heavy atom. The van der Waals surface area contributed by atoms with Crippen LogP contribution in [0.25, 0.3) is 0 Å². The van der Waals surface area contributed by atoms with E-state index in [2.05, 4.69) is 5.32 Å². The van der Waals surface area contributed by atoms with E-state index < -0.39 is 12.0 Å². The molecule has 0 heterocycles. The lowest BCUT2D eigenvalue weighted by atomic mass is 10.2. The van der Waals surface area contributed by atoms with Crippen molar-refractivity contribution < 1.29 is 14.7 Å². The molecule has 0 bridgehead atoms. The molecule has 0 aromatic carbocycles. The van der Waals surface area contributed by atoms with E-state index in [1.54, 1.807) is 6.92 Å². The molecule has 17 heavy (non-hydrogen) atoms. The molecule has 0 saturated heterocycles. The van der Waals surface area contributed by atoms with Crippen LogP contribution >= 0.6 is 0 Å². The van der Waals surface area contributed by atoms with Crippen LogP contribution in [0.5, 0.6) is 0 Å². The summed E-state index contributed by atoms with van der Waals surface area (Å²) in [6.07, 6.45) is 1.24. The van der Waals surface area contributed by atoms with Gasteiger partial charge in [0.25, 0.3) is 0 Å². The molecule has 2 N–H and O–H groups in total. The third-order valence-electron chi connectivity index (χ3n) is 2.52. The van der Waals surface area contributed by atoms with Crippen molar-refractivity contribution in [3.8, 4) is 0 Å². The fraction of sp³-hybridized carbons (Fsp3) is 0.818. The van der Waals surface area contributed by atoms with Crippen molar-refractivity contribution in [2.24, 2.45) is 0 Å². The molecule has 2 amide bonds. The highest BCUT2D eigenvalue weighted by Gasteiger charge is 2.24. The van der Waals surface area contributed by atoms with Crippen LogP contribution in [0, 0.1) is 0 Å². The number of nitrogens with zero attached hydrogens (tertiary/aromatic N) is 2. The minimum atomic E-state index is -0.974. The van der Waals surface area contributed by atoms with Gasteiger partial charge in [-0.3, -0.25) is 0 Å². The van der Waals surface area contributed by atoms with Crippen LogP contribution in [0.2, 0.25) is 0 Å². The number of hydrogen-bond acceptors (Lipinski definition) is 3. The molecule has 0 aliphatic carbocycles. The molecule has 1 unspecified atom stereocenters. The second kappa shape index (κ2) is 7.89. The van der Waals surface area contributed by atoms with Crippen LogP contribution in [0.1, 0.15) is 19.8 Å². The summed E-state index contributed by atoms with van der Waals surface area (Å²) in [4.78, 5) is 25.8. The van der Waals surface area contributed by atoms with Crippen LogP contribution in [-0.2, 0) is 4.79 Å². The largest absolute Gasteiger partial charge is 0.480 e. The van der Waals surface area contributed by atoms with Gasteiger partial charge in [-0.1, -0.05) is 6.92 Å². The van der Waals surface area contributed by atoms with E-state index in [0.717, 1.165) is 13.0 Å². The lowest BCUT2D eigenvalue weighted by Crippen LogP contribution is -2.47. The Bertz CT molecular complexity index is 256. The second-order valence-electron chi connectivity index (χ2n) is 4.26. The Labute approximate surface area is 103 Å².